The number of carbonyl (C=O) groups excluding carboxylic acids is 3. The third kappa shape index (κ3) is 1.85. The molecule has 2 heterocycles. The quantitative estimate of drug-likeness (QED) is 0.728. The third-order valence-electron chi connectivity index (χ3n) is 7.68. The van der Waals surface area contributed by atoms with Crippen LogP contribution in [-0.4, -0.2) is 37.4 Å². The highest BCUT2D eigenvalue weighted by atomic mass is 16.6. The van der Waals surface area contributed by atoms with E-state index in [1.54, 1.807) is 7.11 Å². The summed E-state index contributed by atoms with van der Waals surface area (Å²) in [6.45, 7) is 6.33. The van der Waals surface area contributed by atoms with Gasteiger partial charge in [0.25, 0.3) is 0 Å². The van der Waals surface area contributed by atoms with Gasteiger partial charge in [-0.15, -0.1) is 0 Å². The Morgan fingerprint density at radius 2 is 2.00 bits per heavy atom. The molecule has 0 radical (unpaired) electrons. The van der Waals surface area contributed by atoms with E-state index in [9.17, 15) is 14.4 Å². The van der Waals surface area contributed by atoms with Gasteiger partial charge in [-0.05, 0) is 31.3 Å². The standard InChI is InChI=1S/C22H24O6/c1-10-7-21(2)12(5-6-13(21)23)15-16(10)22(3)14(9-26-4)28-20(25)11-8-27-19(17(11)22)18(15)24/h8,10,12,14H,5-7,9H2,1-4H3/t10-,12+,14-,21+,22-/m1/s1. The molecule has 0 aromatic carbocycles. The molecule has 0 amide bonds. The Balaban J connectivity index is 1.82. The summed E-state index contributed by atoms with van der Waals surface area (Å²) in [6.07, 6.45) is 2.68. The first-order valence-electron chi connectivity index (χ1n) is 9.89. The lowest BCUT2D eigenvalue weighted by molar-refractivity contribution is -0.127. The van der Waals surface area contributed by atoms with Crippen LogP contribution in [0.25, 0.3) is 0 Å². The molecule has 5 rings (SSSR count). The van der Waals surface area contributed by atoms with Gasteiger partial charge in [0.05, 0.1) is 12.0 Å². The summed E-state index contributed by atoms with van der Waals surface area (Å²) >= 11 is 0. The minimum Gasteiger partial charge on any atom is -0.460 e. The van der Waals surface area contributed by atoms with Crippen molar-refractivity contribution >= 4 is 17.5 Å². The first-order valence-corrected chi connectivity index (χ1v) is 9.89. The zero-order valence-corrected chi connectivity index (χ0v) is 16.6. The average Bonchev–Trinajstić information content (AvgIpc) is 3.21. The van der Waals surface area contributed by atoms with Crippen LogP contribution in [0.1, 0.15) is 66.5 Å². The number of rotatable bonds is 2. The van der Waals surface area contributed by atoms with E-state index < -0.39 is 22.9 Å². The van der Waals surface area contributed by atoms with Crippen LogP contribution in [0.5, 0.6) is 0 Å². The maximum Gasteiger partial charge on any atom is 0.342 e. The van der Waals surface area contributed by atoms with E-state index >= 15 is 0 Å². The van der Waals surface area contributed by atoms with Gasteiger partial charge in [-0.1, -0.05) is 13.8 Å². The number of methoxy groups -OCH3 is 1. The number of Topliss-reactive ketones (excluding diaryl/α,β-unsaturated/α-hetero) is 2. The van der Waals surface area contributed by atoms with Gasteiger partial charge >= 0.3 is 5.97 Å². The number of furan rings is 1. The van der Waals surface area contributed by atoms with Gasteiger partial charge in [-0.25, -0.2) is 4.79 Å². The topological polar surface area (TPSA) is 82.8 Å². The molecule has 0 saturated heterocycles. The van der Waals surface area contributed by atoms with Crippen molar-refractivity contribution in [3.05, 3.63) is 34.3 Å². The first kappa shape index (κ1) is 17.9. The van der Waals surface area contributed by atoms with Crippen LogP contribution in [0.2, 0.25) is 0 Å². The summed E-state index contributed by atoms with van der Waals surface area (Å²) < 4.78 is 16.8. The number of ketones is 2. The molecule has 6 heteroatoms. The molecule has 0 bridgehead atoms. The Kier molecular flexibility index (Phi) is 3.47. The van der Waals surface area contributed by atoms with Gasteiger partial charge in [0.2, 0.25) is 5.78 Å². The highest BCUT2D eigenvalue weighted by Crippen LogP contribution is 2.62. The number of hydrogen-bond donors (Lipinski definition) is 0. The van der Waals surface area contributed by atoms with Crippen molar-refractivity contribution in [3.63, 3.8) is 0 Å². The van der Waals surface area contributed by atoms with Gasteiger partial charge in [0.1, 0.15) is 23.7 Å². The van der Waals surface area contributed by atoms with Crippen LogP contribution in [0.3, 0.4) is 0 Å². The van der Waals surface area contributed by atoms with Gasteiger partial charge < -0.3 is 13.9 Å². The van der Waals surface area contributed by atoms with Crippen molar-refractivity contribution in [1.29, 1.82) is 0 Å². The highest BCUT2D eigenvalue weighted by Gasteiger charge is 2.62. The zero-order valence-electron chi connectivity index (χ0n) is 16.6. The van der Waals surface area contributed by atoms with Crippen LogP contribution in [0, 0.1) is 17.3 Å². The summed E-state index contributed by atoms with van der Waals surface area (Å²) in [5, 5.41) is 0. The molecular formula is C22H24O6. The molecule has 1 fully saturated rings. The number of carbonyl (C=O) groups is 3. The lowest BCUT2D eigenvalue weighted by Crippen LogP contribution is -2.55. The van der Waals surface area contributed by atoms with Crippen LogP contribution < -0.4 is 0 Å². The molecule has 0 N–H and O–H groups in total. The van der Waals surface area contributed by atoms with Crippen molar-refractivity contribution < 1.29 is 28.3 Å². The maximum atomic E-state index is 13.6. The number of cyclic esters (lactones) is 1. The number of hydrogen-bond acceptors (Lipinski definition) is 6. The van der Waals surface area contributed by atoms with E-state index in [0.717, 1.165) is 5.57 Å². The smallest absolute Gasteiger partial charge is 0.342 e. The predicted molar refractivity (Wildman–Crippen MR) is 98.1 cm³/mol. The summed E-state index contributed by atoms with van der Waals surface area (Å²) in [7, 11) is 1.57. The van der Waals surface area contributed by atoms with E-state index in [1.165, 1.54) is 6.26 Å². The van der Waals surface area contributed by atoms with E-state index in [-0.39, 0.29) is 35.8 Å². The van der Waals surface area contributed by atoms with E-state index in [0.29, 0.717) is 36.0 Å². The van der Waals surface area contributed by atoms with Crippen molar-refractivity contribution in [2.45, 2.75) is 51.6 Å². The second kappa shape index (κ2) is 5.44. The van der Waals surface area contributed by atoms with Crippen molar-refractivity contribution in [3.8, 4) is 0 Å². The fourth-order valence-corrected chi connectivity index (χ4v) is 6.50. The largest absolute Gasteiger partial charge is 0.460 e. The van der Waals surface area contributed by atoms with Gasteiger partial charge in [-0.3, -0.25) is 9.59 Å². The number of fused-ring (bicyclic) bond motifs is 3. The molecular weight excluding hydrogens is 360 g/mol. The van der Waals surface area contributed by atoms with Crippen molar-refractivity contribution in [1.82, 2.24) is 0 Å². The molecule has 1 saturated carbocycles. The van der Waals surface area contributed by atoms with E-state index in [2.05, 4.69) is 6.92 Å². The summed E-state index contributed by atoms with van der Waals surface area (Å²) in [5.74, 6) is -0.284. The van der Waals surface area contributed by atoms with Gasteiger partial charge in [0.15, 0.2) is 5.76 Å². The summed E-state index contributed by atoms with van der Waals surface area (Å²) in [4.78, 5) is 38.8. The first-order chi connectivity index (χ1) is 13.2. The van der Waals surface area contributed by atoms with Crippen LogP contribution in [0.15, 0.2) is 21.8 Å². The molecule has 4 aliphatic rings. The Morgan fingerprint density at radius 1 is 1.25 bits per heavy atom. The third-order valence-corrected chi connectivity index (χ3v) is 7.68. The Hall–Kier alpha value is -2.21. The minimum absolute atomic E-state index is 0.0132. The fraction of sp³-hybridized carbons (Fsp3) is 0.591. The number of allylic oxidation sites excluding steroid dienone is 1. The molecule has 0 spiro atoms. The second-order valence-corrected chi connectivity index (χ2v) is 9.10. The lowest BCUT2D eigenvalue weighted by Gasteiger charge is -2.52. The van der Waals surface area contributed by atoms with Crippen LogP contribution >= 0.6 is 0 Å². The van der Waals surface area contributed by atoms with Gasteiger partial charge in [-0.2, -0.15) is 0 Å². The van der Waals surface area contributed by atoms with Gasteiger partial charge in [0, 0.05) is 36.0 Å². The number of ether oxygens (including phenoxy) is 2. The molecule has 28 heavy (non-hydrogen) atoms. The van der Waals surface area contributed by atoms with E-state index in [1.807, 2.05) is 13.8 Å². The molecule has 5 atom stereocenters. The van der Waals surface area contributed by atoms with E-state index in [4.69, 9.17) is 13.9 Å². The Bertz CT molecular complexity index is 968. The summed E-state index contributed by atoms with van der Waals surface area (Å²) in [6, 6.07) is 0. The normalized spacial score (nSPS) is 38.9. The second-order valence-electron chi connectivity index (χ2n) is 9.10. The molecule has 1 aromatic heterocycles. The molecule has 148 valence electrons. The predicted octanol–water partition coefficient (Wildman–Crippen LogP) is 3.24. The Labute approximate surface area is 163 Å². The molecule has 0 unspecified atom stereocenters. The maximum absolute atomic E-state index is 13.6. The van der Waals surface area contributed by atoms with Crippen LogP contribution in [0.4, 0.5) is 0 Å². The Morgan fingerprint density at radius 3 is 2.71 bits per heavy atom. The van der Waals surface area contributed by atoms with Crippen molar-refractivity contribution in [2.24, 2.45) is 17.3 Å². The highest BCUT2D eigenvalue weighted by molar-refractivity contribution is 6.14. The van der Waals surface area contributed by atoms with Crippen molar-refractivity contribution in [2.75, 3.05) is 13.7 Å². The summed E-state index contributed by atoms with van der Waals surface area (Å²) in [5.41, 5.74) is 1.46. The fourth-order valence-electron chi connectivity index (χ4n) is 6.50. The molecule has 1 aromatic rings. The minimum atomic E-state index is -0.697. The zero-order chi connectivity index (χ0) is 20.0. The molecule has 3 aliphatic carbocycles. The monoisotopic (exact) mass is 384 g/mol. The number of esters is 1. The molecule has 1 aliphatic heterocycles. The average molecular weight is 384 g/mol. The van der Waals surface area contributed by atoms with Crippen LogP contribution in [-0.2, 0) is 19.7 Å². The lowest BCUT2D eigenvalue weighted by atomic mass is 9.52. The molecule has 6 nitrogen and oxygen atoms in total. The SMILES string of the molecule is COC[C@H]1OC(=O)c2coc3c2[C@@]1(C)C1=C(C3=O)[C@@H]2CCC(=O)[C@@]2(C)C[C@H]1C.